The molecule has 0 radical (unpaired) electrons. The van der Waals surface area contributed by atoms with Gasteiger partial charge < -0.3 is 4.90 Å². The molecule has 0 heterocycles. The van der Waals surface area contributed by atoms with Gasteiger partial charge in [0.05, 0.1) is 11.4 Å². The lowest BCUT2D eigenvalue weighted by Crippen LogP contribution is -2.18. The van der Waals surface area contributed by atoms with Gasteiger partial charge in [-0.25, -0.2) is 0 Å². The first kappa shape index (κ1) is 32.5. The molecule has 10 aromatic carbocycles. The summed E-state index contributed by atoms with van der Waals surface area (Å²) in [7, 11) is 0. The number of hydrogen-bond donors (Lipinski definition) is 0. The molecule has 0 bridgehead atoms. The van der Waals surface area contributed by atoms with Gasteiger partial charge in [0.1, 0.15) is 0 Å². The van der Waals surface area contributed by atoms with E-state index >= 15 is 0 Å². The zero-order chi connectivity index (χ0) is 38.2. The standard InChI is InChI=1S/C56H41N/c1-55(2)47-27-15-13-25-44(47)51-49(31-34-17-5-7-19-37(34)53(51)55)57(36-29-30-43-41-23-10-9-21-39(41)40-22-11-12-24-42(40)46(43)33-36)50-32-35-18-6-8-20-38(35)54-52(50)45-26-14-16-28-48(45)56(54,3)4/h5-33H,1-4H3. The molecule has 57 heavy (non-hydrogen) atoms. The van der Waals surface area contributed by atoms with Crippen LogP contribution in [0.5, 0.6) is 0 Å². The highest BCUT2D eigenvalue weighted by atomic mass is 15.1. The van der Waals surface area contributed by atoms with Gasteiger partial charge in [-0.1, -0.05) is 179 Å². The average molecular weight is 728 g/mol. The summed E-state index contributed by atoms with van der Waals surface area (Å²) in [5.74, 6) is 0. The third kappa shape index (κ3) is 4.29. The first-order valence-electron chi connectivity index (χ1n) is 20.3. The second-order valence-corrected chi connectivity index (χ2v) is 17.2. The van der Waals surface area contributed by atoms with E-state index in [9.17, 15) is 0 Å². The Labute approximate surface area is 333 Å². The molecule has 0 spiro atoms. The molecule has 2 aliphatic rings. The van der Waals surface area contributed by atoms with E-state index in [1.54, 1.807) is 0 Å². The number of anilines is 3. The van der Waals surface area contributed by atoms with Gasteiger partial charge in [0.15, 0.2) is 0 Å². The quantitative estimate of drug-likeness (QED) is 0.164. The number of benzene rings is 10. The van der Waals surface area contributed by atoms with E-state index in [1.165, 1.54) is 110 Å². The van der Waals surface area contributed by atoms with E-state index in [2.05, 4.69) is 209 Å². The van der Waals surface area contributed by atoms with Crippen molar-refractivity contribution in [2.24, 2.45) is 0 Å². The molecule has 10 aromatic rings. The highest BCUT2D eigenvalue weighted by Crippen LogP contribution is 2.61. The average Bonchev–Trinajstić information content (AvgIpc) is 3.64. The van der Waals surface area contributed by atoms with E-state index in [0.29, 0.717) is 0 Å². The smallest absolute Gasteiger partial charge is 0.0549 e. The Hall–Kier alpha value is -6.70. The molecule has 0 saturated carbocycles. The van der Waals surface area contributed by atoms with Crippen molar-refractivity contribution < 1.29 is 0 Å². The Balaban J connectivity index is 1.28. The Morgan fingerprint density at radius 1 is 0.333 bits per heavy atom. The van der Waals surface area contributed by atoms with Gasteiger partial charge in [-0.05, 0) is 112 Å². The summed E-state index contributed by atoms with van der Waals surface area (Å²) in [6, 6.07) is 66.3. The van der Waals surface area contributed by atoms with Gasteiger partial charge in [0.25, 0.3) is 0 Å². The number of nitrogens with zero attached hydrogens (tertiary/aromatic N) is 1. The lowest BCUT2D eigenvalue weighted by Gasteiger charge is -2.33. The van der Waals surface area contributed by atoms with E-state index in [1.807, 2.05) is 0 Å². The van der Waals surface area contributed by atoms with Crippen LogP contribution in [0.1, 0.15) is 49.9 Å². The van der Waals surface area contributed by atoms with E-state index in [-0.39, 0.29) is 10.8 Å². The van der Waals surface area contributed by atoms with Crippen LogP contribution in [0.3, 0.4) is 0 Å². The number of rotatable bonds is 3. The van der Waals surface area contributed by atoms with Crippen molar-refractivity contribution in [1.29, 1.82) is 0 Å². The number of fused-ring (bicyclic) bond motifs is 16. The van der Waals surface area contributed by atoms with Crippen molar-refractivity contribution in [3.05, 3.63) is 198 Å². The summed E-state index contributed by atoms with van der Waals surface area (Å²) in [6.07, 6.45) is 0. The second-order valence-electron chi connectivity index (χ2n) is 17.2. The van der Waals surface area contributed by atoms with E-state index < -0.39 is 0 Å². The zero-order valence-corrected chi connectivity index (χ0v) is 32.7. The molecule has 0 fully saturated rings. The summed E-state index contributed by atoms with van der Waals surface area (Å²) in [6.45, 7) is 9.66. The molecule has 0 atom stereocenters. The topological polar surface area (TPSA) is 3.24 Å². The first-order chi connectivity index (χ1) is 27.8. The highest BCUT2D eigenvalue weighted by molar-refractivity contribution is 6.26. The Morgan fingerprint density at radius 3 is 1.18 bits per heavy atom. The Kier molecular flexibility index (Phi) is 6.53. The highest BCUT2D eigenvalue weighted by Gasteiger charge is 2.42. The minimum absolute atomic E-state index is 0.189. The molecule has 0 aromatic heterocycles. The summed E-state index contributed by atoms with van der Waals surface area (Å²) in [5, 5.41) is 12.8. The van der Waals surface area contributed by atoms with Gasteiger partial charge in [-0.2, -0.15) is 0 Å². The maximum Gasteiger partial charge on any atom is 0.0549 e. The van der Waals surface area contributed by atoms with Crippen molar-refractivity contribution in [3.8, 4) is 22.3 Å². The van der Waals surface area contributed by atoms with Crippen LogP contribution in [0.25, 0.3) is 76.1 Å². The van der Waals surface area contributed by atoms with Crippen LogP contribution in [-0.4, -0.2) is 0 Å². The van der Waals surface area contributed by atoms with Crippen LogP contribution < -0.4 is 4.90 Å². The monoisotopic (exact) mass is 727 g/mol. The van der Waals surface area contributed by atoms with Crippen LogP contribution in [0.2, 0.25) is 0 Å². The summed E-state index contributed by atoms with van der Waals surface area (Å²) in [4.78, 5) is 2.64. The molecule has 1 heteroatoms. The summed E-state index contributed by atoms with van der Waals surface area (Å²) < 4.78 is 0. The molecule has 0 unspecified atom stereocenters. The van der Waals surface area contributed by atoms with Gasteiger partial charge >= 0.3 is 0 Å². The van der Waals surface area contributed by atoms with Crippen molar-refractivity contribution in [2.45, 2.75) is 38.5 Å². The van der Waals surface area contributed by atoms with Crippen LogP contribution in [0, 0.1) is 0 Å². The van der Waals surface area contributed by atoms with Gasteiger partial charge in [0, 0.05) is 27.6 Å². The second kappa shape index (κ2) is 11.4. The molecular weight excluding hydrogens is 687 g/mol. The zero-order valence-electron chi connectivity index (χ0n) is 32.7. The maximum atomic E-state index is 2.64. The normalized spacial score (nSPS) is 14.6. The van der Waals surface area contributed by atoms with Crippen LogP contribution >= 0.6 is 0 Å². The predicted molar refractivity (Wildman–Crippen MR) is 244 cm³/mol. The predicted octanol–water partition coefficient (Wildman–Crippen LogP) is 15.5. The molecule has 0 N–H and O–H groups in total. The van der Waals surface area contributed by atoms with Gasteiger partial charge in [-0.3, -0.25) is 0 Å². The molecule has 12 rings (SSSR count). The lowest BCUT2D eigenvalue weighted by molar-refractivity contribution is 0.666. The minimum atomic E-state index is -0.189. The van der Waals surface area contributed by atoms with Crippen LogP contribution in [0.4, 0.5) is 17.1 Å². The largest absolute Gasteiger partial charge is 0.309 e. The first-order valence-corrected chi connectivity index (χ1v) is 20.3. The molecule has 0 aliphatic heterocycles. The van der Waals surface area contributed by atoms with Gasteiger partial charge in [0.2, 0.25) is 0 Å². The Bertz CT molecular complexity index is 3180. The van der Waals surface area contributed by atoms with E-state index in [4.69, 9.17) is 0 Å². The fourth-order valence-corrected chi connectivity index (χ4v) is 11.1. The Morgan fingerprint density at radius 2 is 0.702 bits per heavy atom. The van der Waals surface area contributed by atoms with Crippen LogP contribution in [0.15, 0.2) is 176 Å². The molecular formula is C56H41N. The van der Waals surface area contributed by atoms with Crippen molar-refractivity contribution in [3.63, 3.8) is 0 Å². The summed E-state index contributed by atoms with van der Waals surface area (Å²) in [5.41, 5.74) is 14.0. The number of hydrogen-bond acceptors (Lipinski definition) is 1. The molecule has 0 saturated heterocycles. The fourth-order valence-electron chi connectivity index (χ4n) is 11.1. The lowest BCUT2D eigenvalue weighted by atomic mass is 9.79. The minimum Gasteiger partial charge on any atom is -0.309 e. The summed E-state index contributed by atoms with van der Waals surface area (Å²) >= 11 is 0. The van der Waals surface area contributed by atoms with Crippen molar-refractivity contribution in [2.75, 3.05) is 4.90 Å². The molecule has 0 amide bonds. The molecule has 1 nitrogen and oxygen atoms in total. The third-order valence-corrected chi connectivity index (χ3v) is 13.5. The third-order valence-electron chi connectivity index (χ3n) is 13.5. The van der Waals surface area contributed by atoms with Crippen LogP contribution in [-0.2, 0) is 10.8 Å². The van der Waals surface area contributed by atoms with E-state index in [0.717, 1.165) is 5.69 Å². The fraction of sp³-hybridized carbons (Fsp3) is 0.107. The van der Waals surface area contributed by atoms with Gasteiger partial charge in [-0.15, -0.1) is 0 Å². The SMILES string of the molecule is CC1(C)c2ccccc2-c2c(N(c3ccc4c5ccccc5c5ccccc5c4c3)c3cc4ccccc4c4c3-c3ccccc3C4(C)C)cc3ccccc3c21. The molecule has 2 aliphatic carbocycles. The van der Waals surface area contributed by atoms with Crippen molar-refractivity contribution in [1.82, 2.24) is 0 Å². The molecule has 270 valence electrons. The van der Waals surface area contributed by atoms with Crippen molar-refractivity contribution >= 4 is 70.9 Å². The maximum absolute atomic E-state index is 2.64.